The molecule has 0 amide bonds. The van der Waals surface area contributed by atoms with Gasteiger partial charge in [0.05, 0.1) is 0 Å². The van der Waals surface area contributed by atoms with Crippen LogP contribution in [0, 0.1) is 0 Å². The SMILES string of the molecule is CC1CN(c2nn(C)c(N)c2S(C)(=O)=O)CCN1. The van der Waals surface area contributed by atoms with Crippen LogP contribution in [0.25, 0.3) is 0 Å². The molecule has 1 atom stereocenters. The topological polar surface area (TPSA) is 93.2 Å². The van der Waals surface area contributed by atoms with E-state index in [1.54, 1.807) is 7.05 Å². The fourth-order valence-electron chi connectivity index (χ4n) is 2.19. The minimum atomic E-state index is -3.38. The van der Waals surface area contributed by atoms with E-state index in [-0.39, 0.29) is 10.7 Å². The van der Waals surface area contributed by atoms with E-state index in [1.807, 2.05) is 4.90 Å². The van der Waals surface area contributed by atoms with Gasteiger partial charge in [-0.1, -0.05) is 0 Å². The predicted molar refractivity (Wildman–Crippen MR) is 70.4 cm³/mol. The minimum absolute atomic E-state index is 0.138. The lowest BCUT2D eigenvalue weighted by Gasteiger charge is -2.32. The molecule has 0 saturated carbocycles. The zero-order valence-corrected chi connectivity index (χ0v) is 11.7. The number of nitrogens with zero attached hydrogens (tertiary/aromatic N) is 3. The molecule has 2 heterocycles. The van der Waals surface area contributed by atoms with Crippen molar-refractivity contribution in [3.63, 3.8) is 0 Å². The molecule has 7 nitrogen and oxygen atoms in total. The summed E-state index contributed by atoms with van der Waals surface area (Å²) in [6, 6.07) is 0.300. The van der Waals surface area contributed by atoms with Crippen molar-refractivity contribution < 1.29 is 8.42 Å². The highest BCUT2D eigenvalue weighted by atomic mass is 32.2. The third-order valence-electron chi connectivity index (χ3n) is 3.07. The van der Waals surface area contributed by atoms with Crippen LogP contribution in [-0.2, 0) is 16.9 Å². The summed E-state index contributed by atoms with van der Waals surface area (Å²) in [6.07, 6.45) is 1.16. The van der Waals surface area contributed by atoms with Gasteiger partial charge in [-0.05, 0) is 6.92 Å². The number of anilines is 2. The van der Waals surface area contributed by atoms with E-state index in [4.69, 9.17) is 5.73 Å². The first-order valence-electron chi connectivity index (χ1n) is 5.81. The quantitative estimate of drug-likeness (QED) is 0.733. The zero-order chi connectivity index (χ0) is 13.5. The summed E-state index contributed by atoms with van der Waals surface area (Å²) in [4.78, 5) is 2.10. The summed E-state index contributed by atoms with van der Waals surface area (Å²) in [5, 5.41) is 7.55. The first-order valence-corrected chi connectivity index (χ1v) is 7.70. The Hall–Kier alpha value is -1.28. The molecule has 0 aromatic carbocycles. The van der Waals surface area contributed by atoms with Crippen LogP contribution in [0.4, 0.5) is 11.6 Å². The van der Waals surface area contributed by atoms with Crippen molar-refractivity contribution in [1.29, 1.82) is 0 Å². The third kappa shape index (κ3) is 2.30. The minimum Gasteiger partial charge on any atom is -0.383 e. The van der Waals surface area contributed by atoms with E-state index in [9.17, 15) is 8.42 Å². The van der Waals surface area contributed by atoms with Crippen LogP contribution in [-0.4, -0.2) is 50.1 Å². The largest absolute Gasteiger partial charge is 0.383 e. The summed E-state index contributed by atoms with van der Waals surface area (Å²) in [6.45, 7) is 4.31. The van der Waals surface area contributed by atoms with E-state index < -0.39 is 9.84 Å². The Bertz CT molecular complexity index is 551. The number of nitrogen functional groups attached to an aromatic ring is 1. The second kappa shape index (κ2) is 4.43. The van der Waals surface area contributed by atoms with Crippen LogP contribution < -0.4 is 16.0 Å². The zero-order valence-electron chi connectivity index (χ0n) is 10.8. The molecule has 1 aliphatic rings. The van der Waals surface area contributed by atoms with Crippen LogP contribution in [0.15, 0.2) is 4.90 Å². The van der Waals surface area contributed by atoms with E-state index in [0.29, 0.717) is 11.9 Å². The summed E-state index contributed by atoms with van der Waals surface area (Å²) in [7, 11) is -1.73. The van der Waals surface area contributed by atoms with Gasteiger partial charge in [0.15, 0.2) is 20.6 Å². The highest BCUT2D eigenvalue weighted by molar-refractivity contribution is 7.91. The molecule has 102 valence electrons. The van der Waals surface area contributed by atoms with Crippen molar-refractivity contribution in [2.75, 3.05) is 36.5 Å². The van der Waals surface area contributed by atoms with Gasteiger partial charge in [-0.3, -0.25) is 0 Å². The van der Waals surface area contributed by atoms with Gasteiger partial charge in [-0.2, -0.15) is 5.10 Å². The molecule has 1 aliphatic heterocycles. The van der Waals surface area contributed by atoms with Crippen molar-refractivity contribution in [1.82, 2.24) is 15.1 Å². The van der Waals surface area contributed by atoms with Gasteiger partial charge < -0.3 is 16.0 Å². The smallest absolute Gasteiger partial charge is 0.182 e. The molecule has 0 radical (unpaired) electrons. The maximum atomic E-state index is 11.8. The van der Waals surface area contributed by atoms with Gasteiger partial charge in [0.1, 0.15) is 5.82 Å². The number of hydrogen-bond acceptors (Lipinski definition) is 6. The standard InChI is InChI=1S/C10H19N5O2S/c1-7-6-15(5-4-12-7)10-8(18(3,16)17)9(11)14(2)13-10/h7,12H,4-6,11H2,1-3H3. The van der Waals surface area contributed by atoms with Crippen molar-refractivity contribution >= 4 is 21.5 Å². The highest BCUT2D eigenvalue weighted by Gasteiger charge is 2.28. The van der Waals surface area contributed by atoms with Crippen LogP contribution >= 0.6 is 0 Å². The molecule has 1 saturated heterocycles. The molecule has 0 aliphatic carbocycles. The van der Waals surface area contributed by atoms with Crippen LogP contribution in [0.2, 0.25) is 0 Å². The van der Waals surface area contributed by atoms with Crippen LogP contribution in [0.1, 0.15) is 6.92 Å². The fraction of sp³-hybridized carbons (Fsp3) is 0.700. The fourth-order valence-corrected chi connectivity index (χ4v) is 3.20. The molecule has 2 rings (SSSR count). The average Bonchev–Trinajstić information content (AvgIpc) is 2.55. The number of sulfone groups is 1. The van der Waals surface area contributed by atoms with Gasteiger partial charge in [0.25, 0.3) is 0 Å². The molecule has 0 spiro atoms. The van der Waals surface area contributed by atoms with Crippen molar-refractivity contribution in [3.05, 3.63) is 0 Å². The molecule has 1 unspecified atom stereocenters. The number of aryl methyl sites for hydroxylation is 1. The Labute approximate surface area is 107 Å². The molecular weight excluding hydrogens is 254 g/mol. The number of hydrogen-bond donors (Lipinski definition) is 2. The van der Waals surface area contributed by atoms with E-state index in [0.717, 1.165) is 25.9 Å². The summed E-state index contributed by atoms with van der Waals surface area (Å²) in [5.41, 5.74) is 5.81. The van der Waals surface area contributed by atoms with E-state index in [1.165, 1.54) is 4.68 Å². The maximum Gasteiger partial charge on any atom is 0.182 e. The second-order valence-electron chi connectivity index (χ2n) is 4.73. The van der Waals surface area contributed by atoms with Crippen LogP contribution in [0.3, 0.4) is 0 Å². The van der Waals surface area contributed by atoms with Gasteiger partial charge in [0.2, 0.25) is 0 Å². The number of rotatable bonds is 2. The van der Waals surface area contributed by atoms with Crippen LogP contribution in [0.5, 0.6) is 0 Å². The first kappa shape index (κ1) is 13.2. The summed E-state index contributed by atoms with van der Waals surface area (Å²) < 4.78 is 25.1. The van der Waals surface area contributed by atoms with Crippen molar-refractivity contribution in [3.8, 4) is 0 Å². The Morgan fingerprint density at radius 3 is 2.72 bits per heavy atom. The van der Waals surface area contributed by atoms with Crippen molar-refractivity contribution in [2.45, 2.75) is 17.9 Å². The van der Waals surface area contributed by atoms with Crippen molar-refractivity contribution in [2.24, 2.45) is 7.05 Å². The lowest BCUT2D eigenvalue weighted by atomic mass is 10.2. The number of nitrogens with one attached hydrogen (secondary N) is 1. The second-order valence-corrected chi connectivity index (χ2v) is 6.69. The van der Waals surface area contributed by atoms with E-state index in [2.05, 4.69) is 17.3 Å². The molecule has 1 aromatic heterocycles. The molecule has 3 N–H and O–H groups in total. The third-order valence-corrected chi connectivity index (χ3v) is 4.20. The van der Waals surface area contributed by atoms with Gasteiger partial charge >= 0.3 is 0 Å². The van der Waals surface area contributed by atoms with Gasteiger partial charge in [-0.15, -0.1) is 0 Å². The average molecular weight is 273 g/mol. The summed E-state index contributed by atoms with van der Waals surface area (Å²) >= 11 is 0. The Balaban J connectivity index is 2.48. The van der Waals surface area contributed by atoms with E-state index >= 15 is 0 Å². The summed E-state index contributed by atoms with van der Waals surface area (Å²) in [5.74, 6) is 0.657. The molecule has 0 bridgehead atoms. The molecule has 8 heteroatoms. The number of nitrogens with two attached hydrogens (primary N) is 1. The number of piperazine rings is 1. The number of aromatic nitrogens is 2. The monoisotopic (exact) mass is 273 g/mol. The Morgan fingerprint density at radius 1 is 1.50 bits per heavy atom. The Kier molecular flexibility index (Phi) is 3.24. The highest BCUT2D eigenvalue weighted by Crippen LogP contribution is 2.29. The lowest BCUT2D eigenvalue weighted by Crippen LogP contribution is -2.49. The van der Waals surface area contributed by atoms with Gasteiger partial charge in [-0.25, -0.2) is 13.1 Å². The normalized spacial score (nSPS) is 21.3. The lowest BCUT2D eigenvalue weighted by molar-refractivity contribution is 0.479. The maximum absolute atomic E-state index is 11.8. The molecule has 1 fully saturated rings. The first-order chi connectivity index (χ1) is 8.30. The van der Waals surface area contributed by atoms with Gasteiger partial charge in [0, 0.05) is 39.0 Å². The predicted octanol–water partition coefficient (Wildman–Crippen LogP) is -0.796. The molecule has 1 aromatic rings. The Morgan fingerprint density at radius 2 is 2.17 bits per heavy atom. The molecular formula is C10H19N5O2S. The molecule has 18 heavy (non-hydrogen) atoms.